The van der Waals surface area contributed by atoms with Gasteiger partial charge in [0.15, 0.2) is 6.29 Å². The molecule has 0 bridgehead atoms. The van der Waals surface area contributed by atoms with Crippen molar-refractivity contribution >= 4 is 29.5 Å². The van der Waals surface area contributed by atoms with Crippen molar-refractivity contribution in [3.05, 3.63) is 33.3 Å². The molecule has 1 aromatic carbocycles. The van der Waals surface area contributed by atoms with Gasteiger partial charge in [-0.25, -0.2) is 0 Å². The fourth-order valence-corrected chi connectivity index (χ4v) is 1.65. The summed E-state index contributed by atoms with van der Waals surface area (Å²) in [6.45, 7) is 2.79. The largest absolute Gasteiger partial charge is 0.377 e. The Morgan fingerprint density at radius 2 is 2.14 bits per heavy atom. The Hall–Kier alpha value is -0.570. The molecule has 4 heteroatoms. The predicted molar refractivity (Wildman–Crippen MR) is 57.2 cm³/mol. The van der Waals surface area contributed by atoms with Gasteiger partial charge in [-0.3, -0.25) is 4.79 Å². The van der Waals surface area contributed by atoms with Crippen molar-refractivity contribution in [1.82, 2.24) is 0 Å². The van der Waals surface area contributed by atoms with Gasteiger partial charge in [-0.05, 0) is 19.1 Å². The lowest BCUT2D eigenvalue weighted by atomic mass is 10.1. The zero-order valence-corrected chi connectivity index (χ0v) is 9.23. The van der Waals surface area contributed by atoms with Crippen molar-refractivity contribution in [3.8, 4) is 0 Å². The normalized spacial score (nSPS) is 10.2. The minimum absolute atomic E-state index is 0.334. The topological polar surface area (TPSA) is 26.3 Å². The molecule has 0 saturated heterocycles. The maximum absolute atomic E-state index is 10.7. The first-order valence-corrected chi connectivity index (χ1v) is 4.95. The Balaban J connectivity index is 3.05. The molecule has 0 atom stereocenters. The van der Waals surface area contributed by atoms with Crippen LogP contribution in [0, 0.1) is 0 Å². The highest BCUT2D eigenvalue weighted by atomic mass is 35.5. The van der Waals surface area contributed by atoms with E-state index in [9.17, 15) is 4.79 Å². The summed E-state index contributed by atoms with van der Waals surface area (Å²) in [5, 5.41) is 0.922. The quantitative estimate of drug-likeness (QED) is 0.745. The maximum Gasteiger partial charge on any atom is 0.150 e. The van der Waals surface area contributed by atoms with Crippen LogP contribution in [-0.2, 0) is 11.3 Å². The van der Waals surface area contributed by atoms with Gasteiger partial charge in [0.2, 0.25) is 0 Å². The van der Waals surface area contributed by atoms with Gasteiger partial charge in [-0.15, -0.1) is 0 Å². The maximum atomic E-state index is 10.7. The minimum Gasteiger partial charge on any atom is -0.377 e. The van der Waals surface area contributed by atoms with Gasteiger partial charge in [0.05, 0.1) is 6.61 Å². The minimum atomic E-state index is 0.334. The highest BCUT2D eigenvalue weighted by Crippen LogP contribution is 2.25. The molecule has 0 aromatic heterocycles. The van der Waals surface area contributed by atoms with Crippen molar-refractivity contribution < 1.29 is 9.53 Å². The van der Waals surface area contributed by atoms with Crippen LogP contribution in [0.3, 0.4) is 0 Å². The van der Waals surface area contributed by atoms with Crippen LogP contribution in [0.15, 0.2) is 12.1 Å². The first-order chi connectivity index (χ1) is 6.69. The van der Waals surface area contributed by atoms with Crippen LogP contribution in [0.5, 0.6) is 0 Å². The second-order valence-electron chi connectivity index (χ2n) is 2.71. The Labute approximate surface area is 92.8 Å². The lowest BCUT2D eigenvalue weighted by Gasteiger charge is -2.07. The van der Waals surface area contributed by atoms with E-state index in [4.69, 9.17) is 27.9 Å². The second-order valence-corrected chi connectivity index (χ2v) is 3.55. The number of halogens is 2. The summed E-state index contributed by atoms with van der Waals surface area (Å²) in [6, 6.07) is 3.18. The Morgan fingerprint density at radius 1 is 1.43 bits per heavy atom. The molecule has 14 heavy (non-hydrogen) atoms. The summed E-state index contributed by atoms with van der Waals surface area (Å²) >= 11 is 11.7. The Morgan fingerprint density at radius 3 is 2.71 bits per heavy atom. The number of benzene rings is 1. The van der Waals surface area contributed by atoms with Crippen molar-refractivity contribution in [2.24, 2.45) is 0 Å². The first kappa shape index (κ1) is 11.5. The Kier molecular flexibility index (Phi) is 4.39. The van der Waals surface area contributed by atoms with Crippen molar-refractivity contribution in [3.63, 3.8) is 0 Å². The molecule has 0 aliphatic heterocycles. The van der Waals surface area contributed by atoms with Crippen LogP contribution in [0.1, 0.15) is 22.8 Å². The number of rotatable bonds is 4. The summed E-state index contributed by atoms with van der Waals surface area (Å²) in [6.07, 6.45) is 0.728. The number of aldehydes is 1. The van der Waals surface area contributed by atoms with Crippen molar-refractivity contribution in [2.45, 2.75) is 13.5 Å². The standard InChI is InChI=1S/C10H10Cl2O2/c1-2-14-6-9-7(5-13)3-8(11)4-10(9)12/h3-5H,2,6H2,1H3. The van der Waals surface area contributed by atoms with Gasteiger partial charge >= 0.3 is 0 Å². The van der Waals surface area contributed by atoms with Gasteiger partial charge in [0, 0.05) is 27.8 Å². The average Bonchev–Trinajstić information content (AvgIpc) is 2.15. The molecule has 1 aromatic rings. The van der Waals surface area contributed by atoms with Crippen LogP contribution >= 0.6 is 23.2 Å². The molecule has 2 nitrogen and oxygen atoms in total. The summed E-state index contributed by atoms with van der Waals surface area (Å²) in [4.78, 5) is 10.7. The van der Waals surface area contributed by atoms with Crippen LogP contribution < -0.4 is 0 Å². The molecule has 0 spiro atoms. The summed E-state index contributed by atoms with van der Waals surface area (Å²) in [5.74, 6) is 0. The third-order valence-corrected chi connectivity index (χ3v) is 2.33. The number of hydrogen-bond acceptors (Lipinski definition) is 2. The smallest absolute Gasteiger partial charge is 0.150 e. The number of carbonyl (C=O) groups excluding carboxylic acids is 1. The van der Waals surface area contributed by atoms with E-state index in [1.54, 1.807) is 12.1 Å². The predicted octanol–water partition coefficient (Wildman–Crippen LogP) is 3.34. The van der Waals surface area contributed by atoms with Crippen LogP contribution in [-0.4, -0.2) is 12.9 Å². The number of carbonyl (C=O) groups is 1. The molecular weight excluding hydrogens is 223 g/mol. The van der Waals surface area contributed by atoms with E-state index in [1.807, 2.05) is 6.92 Å². The summed E-state index contributed by atoms with van der Waals surface area (Å²) in [7, 11) is 0. The monoisotopic (exact) mass is 232 g/mol. The zero-order valence-electron chi connectivity index (χ0n) is 7.72. The van der Waals surface area contributed by atoms with Crippen LogP contribution in [0.25, 0.3) is 0 Å². The summed E-state index contributed by atoms with van der Waals surface area (Å²) in [5.41, 5.74) is 1.17. The first-order valence-electron chi connectivity index (χ1n) is 4.20. The van der Waals surface area contributed by atoms with E-state index in [0.717, 1.165) is 6.29 Å². The van der Waals surface area contributed by atoms with Crippen LogP contribution in [0.2, 0.25) is 10.0 Å². The lowest BCUT2D eigenvalue weighted by Crippen LogP contribution is -1.98. The third kappa shape index (κ3) is 2.71. The van der Waals surface area contributed by atoms with Gasteiger partial charge in [-0.1, -0.05) is 23.2 Å². The number of ether oxygens (including phenoxy) is 1. The van der Waals surface area contributed by atoms with Crippen molar-refractivity contribution in [2.75, 3.05) is 6.61 Å². The van der Waals surface area contributed by atoms with Crippen LogP contribution in [0.4, 0.5) is 0 Å². The average molecular weight is 233 g/mol. The highest BCUT2D eigenvalue weighted by Gasteiger charge is 2.08. The molecule has 0 aliphatic carbocycles. The van der Waals surface area contributed by atoms with Gasteiger partial charge < -0.3 is 4.74 Å². The molecule has 0 saturated carbocycles. The highest BCUT2D eigenvalue weighted by molar-refractivity contribution is 6.35. The Bertz CT molecular complexity index is 337. The number of hydrogen-bond donors (Lipinski definition) is 0. The molecule has 0 aliphatic rings. The van der Waals surface area contributed by atoms with E-state index >= 15 is 0 Å². The second kappa shape index (κ2) is 5.35. The van der Waals surface area contributed by atoms with Gasteiger partial charge in [0.25, 0.3) is 0 Å². The van der Waals surface area contributed by atoms with E-state index in [0.29, 0.717) is 34.4 Å². The third-order valence-electron chi connectivity index (χ3n) is 1.77. The van der Waals surface area contributed by atoms with Crippen molar-refractivity contribution in [1.29, 1.82) is 0 Å². The molecule has 0 radical (unpaired) electrons. The van der Waals surface area contributed by atoms with E-state index < -0.39 is 0 Å². The molecule has 0 heterocycles. The van der Waals surface area contributed by atoms with Gasteiger partial charge in [-0.2, -0.15) is 0 Å². The molecule has 0 fully saturated rings. The molecular formula is C10H10Cl2O2. The SMILES string of the molecule is CCOCc1c(Cl)cc(Cl)cc1C=O. The molecule has 1 rings (SSSR count). The molecule has 0 N–H and O–H groups in total. The fraction of sp³-hybridized carbons (Fsp3) is 0.300. The summed E-state index contributed by atoms with van der Waals surface area (Å²) < 4.78 is 5.20. The van der Waals surface area contributed by atoms with E-state index in [2.05, 4.69) is 0 Å². The molecule has 0 amide bonds. The van der Waals surface area contributed by atoms with Gasteiger partial charge in [0.1, 0.15) is 0 Å². The van der Waals surface area contributed by atoms with E-state index in [-0.39, 0.29) is 0 Å². The molecule has 76 valence electrons. The fourth-order valence-electron chi connectivity index (χ4n) is 1.08. The molecule has 0 unspecified atom stereocenters. The lowest BCUT2D eigenvalue weighted by molar-refractivity contribution is 0.110. The zero-order chi connectivity index (χ0) is 10.6. The van der Waals surface area contributed by atoms with E-state index in [1.165, 1.54) is 0 Å².